The molecule has 0 amide bonds. The van der Waals surface area contributed by atoms with E-state index in [1.54, 1.807) is 0 Å². The molecule has 0 aromatic carbocycles. The quantitative estimate of drug-likeness (QED) is 0.423. The summed E-state index contributed by atoms with van der Waals surface area (Å²) in [5.74, 6) is 0.656. The van der Waals surface area contributed by atoms with Crippen LogP contribution in [-0.2, 0) is 0 Å². The molecule has 0 spiro atoms. The molecule has 0 aliphatic rings. The van der Waals surface area contributed by atoms with Crippen molar-refractivity contribution in [1.29, 1.82) is 0 Å². The zero-order chi connectivity index (χ0) is 9.23. The smallest absolute Gasteiger partial charge is 0.0224 e. The van der Waals surface area contributed by atoms with Crippen LogP contribution in [0.3, 0.4) is 0 Å². The highest BCUT2D eigenvalue weighted by Crippen LogP contribution is 2.04. The van der Waals surface area contributed by atoms with Crippen LogP contribution in [0.4, 0.5) is 0 Å². The molecule has 0 aromatic heterocycles. The molecule has 68 valence electrons. The van der Waals surface area contributed by atoms with Gasteiger partial charge in [0.2, 0.25) is 0 Å². The molecule has 0 N–H and O–H groups in total. The van der Waals surface area contributed by atoms with E-state index in [2.05, 4.69) is 44.2 Å². The predicted octanol–water partition coefficient (Wildman–Crippen LogP) is 4.11. The molecule has 0 heterocycles. The molecule has 0 fully saturated rings. The minimum absolute atomic E-state index is 0.656. The van der Waals surface area contributed by atoms with Gasteiger partial charge in [-0.25, -0.2) is 0 Å². The first kappa shape index (κ1) is 11.2. The van der Waals surface area contributed by atoms with Crippen molar-refractivity contribution in [3.05, 3.63) is 36.5 Å². The molecule has 0 saturated heterocycles. The third-order valence-corrected chi connectivity index (χ3v) is 1.65. The zero-order valence-electron chi connectivity index (χ0n) is 8.46. The Kier molecular flexibility index (Phi) is 7.78. The third-order valence-electron chi connectivity index (χ3n) is 1.65. The number of hydrogen-bond acceptors (Lipinski definition) is 0. The lowest BCUT2D eigenvalue weighted by Crippen LogP contribution is -1.84. The van der Waals surface area contributed by atoms with Crippen molar-refractivity contribution < 1.29 is 0 Å². The lowest BCUT2D eigenvalue weighted by molar-refractivity contribution is 0.742. The first-order valence-electron chi connectivity index (χ1n) is 4.75. The summed E-state index contributed by atoms with van der Waals surface area (Å²) in [5.41, 5.74) is 0. The maximum atomic E-state index is 2.25. The standard InChI is InChI=1S/C12H20/c1-4-6-8-10-12(3)11-9-7-5-2/h4,6-10,12H,5,11H2,1-3H3. The molecule has 0 heteroatoms. The van der Waals surface area contributed by atoms with Crippen LogP contribution < -0.4 is 0 Å². The van der Waals surface area contributed by atoms with Gasteiger partial charge >= 0.3 is 0 Å². The zero-order valence-corrected chi connectivity index (χ0v) is 8.46. The Morgan fingerprint density at radius 1 is 1.17 bits per heavy atom. The normalized spacial score (nSPS) is 15.2. The molecule has 0 saturated carbocycles. The Hall–Kier alpha value is -0.780. The van der Waals surface area contributed by atoms with E-state index in [-0.39, 0.29) is 0 Å². The van der Waals surface area contributed by atoms with Gasteiger partial charge in [-0.1, -0.05) is 50.3 Å². The van der Waals surface area contributed by atoms with E-state index in [4.69, 9.17) is 0 Å². The summed E-state index contributed by atoms with van der Waals surface area (Å²) in [6.45, 7) is 6.43. The average molecular weight is 164 g/mol. The van der Waals surface area contributed by atoms with Crippen LogP contribution in [0.2, 0.25) is 0 Å². The maximum Gasteiger partial charge on any atom is -0.0224 e. The van der Waals surface area contributed by atoms with E-state index in [9.17, 15) is 0 Å². The fraction of sp³-hybridized carbons (Fsp3) is 0.500. The SMILES string of the molecule is CC=CC=CC(C)CC=CCC. The first-order valence-corrected chi connectivity index (χ1v) is 4.75. The monoisotopic (exact) mass is 164 g/mol. The van der Waals surface area contributed by atoms with Crippen molar-refractivity contribution in [2.24, 2.45) is 5.92 Å². The Bertz CT molecular complexity index is 161. The number of hydrogen-bond donors (Lipinski definition) is 0. The molecule has 1 atom stereocenters. The summed E-state index contributed by atoms with van der Waals surface area (Å²) < 4.78 is 0. The molecular weight excluding hydrogens is 144 g/mol. The van der Waals surface area contributed by atoms with E-state index in [0.29, 0.717) is 5.92 Å². The topological polar surface area (TPSA) is 0 Å². The molecule has 0 radical (unpaired) electrons. The van der Waals surface area contributed by atoms with Crippen LogP contribution >= 0.6 is 0 Å². The number of rotatable bonds is 5. The van der Waals surface area contributed by atoms with Crippen LogP contribution in [0, 0.1) is 5.92 Å². The largest absolute Gasteiger partial charge is 0.0888 e. The predicted molar refractivity (Wildman–Crippen MR) is 57.2 cm³/mol. The highest BCUT2D eigenvalue weighted by Gasteiger charge is 1.90. The molecule has 0 aliphatic heterocycles. The Balaban J connectivity index is 3.58. The lowest BCUT2D eigenvalue weighted by Gasteiger charge is -1.98. The van der Waals surface area contributed by atoms with Gasteiger partial charge in [0.15, 0.2) is 0 Å². The van der Waals surface area contributed by atoms with Crippen LogP contribution in [0.25, 0.3) is 0 Å². The molecule has 12 heavy (non-hydrogen) atoms. The summed E-state index contributed by atoms with van der Waals surface area (Å²) in [6.07, 6.45) is 15.2. The molecule has 0 bridgehead atoms. The summed E-state index contributed by atoms with van der Waals surface area (Å²) in [6, 6.07) is 0. The Labute approximate surface area is 76.7 Å². The minimum atomic E-state index is 0.656. The molecule has 0 aromatic rings. The Morgan fingerprint density at radius 2 is 1.92 bits per heavy atom. The van der Waals surface area contributed by atoms with E-state index in [0.717, 1.165) is 12.8 Å². The van der Waals surface area contributed by atoms with Gasteiger partial charge in [0.25, 0.3) is 0 Å². The van der Waals surface area contributed by atoms with Crippen molar-refractivity contribution in [2.75, 3.05) is 0 Å². The fourth-order valence-electron chi connectivity index (χ4n) is 0.921. The lowest BCUT2D eigenvalue weighted by atomic mass is 10.1. The van der Waals surface area contributed by atoms with Gasteiger partial charge in [-0.05, 0) is 25.7 Å². The second-order valence-corrected chi connectivity index (χ2v) is 3.00. The van der Waals surface area contributed by atoms with Crippen molar-refractivity contribution in [1.82, 2.24) is 0 Å². The van der Waals surface area contributed by atoms with Gasteiger partial charge in [-0.15, -0.1) is 0 Å². The Morgan fingerprint density at radius 3 is 2.50 bits per heavy atom. The van der Waals surface area contributed by atoms with E-state index < -0.39 is 0 Å². The molecule has 1 unspecified atom stereocenters. The summed E-state index contributed by atoms with van der Waals surface area (Å²) in [4.78, 5) is 0. The van der Waals surface area contributed by atoms with E-state index >= 15 is 0 Å². The molecule has 0 nitrogen and oxygen atoms in total. The van der Waals surface area contributed by atoms with Gasteiger partial charge in [0.1, 0.15) is 0 Å². The van der Waals surface area contributed by atoms with Gasteiger partial charge in [0, 0.05) is 0 Å². The van der Waals surface area contributed by atoms with Crippen LogP contribution in [0.15, 0.2) is 36.5 Å². The molecular formula is C12H20. The van der Waals surface area contributed by atoms with Crippen molar-refractivity contribution in [3.8, 4) is 0 Å². The molecule has 0 aliphatic carbocycles. The van der Waals surface area contributed by atoms with E-state index in [1.165, 1.54) is 0 Å². The van der Waals surface area contributed by atoms with Crippen LogP contribution in [0.5, 0.6) is 0 Å². The summed E-state index contributed by atoms with van der Waals surface area (Å²) in [7, 11) is 0. The second-order valence-electron chi connectivity index (χ2n) is 3.00. The maximum absolute atomic E-state index is 2.25. The van der Waals surface area contributed by atoms with Crippen LogP contribution in [-0.4, -0.2) is 0 Å². The number of allylic oxidation sites excluding steroid dienone is 6. The fourth-order valence-corrected chi connectivity index (χ4v) is 0.921. The van der Waals surface area contributed by atoms with Gasteiger partial charge < -0.3 is 0 Å². The highest BCUT2D eigenvalue weighted by molar-refractivity contribution is 5.03. The van der Waals surface area contributed by atoms with Crippen molar-refractivity contribution in [3.63, 3.8) is 0 Å². The minimum Gasteiger partial charge on any atom is -0.0888 e. The summed E-state index contributed by atoms with van der Waals surface area (Å²) in [5, 5.41) is 0. The van der Waals surface area contributed by atoms with E-state index in [1.807, 2.05) is 13.0 Å². The van der Waals surface area contributed by atoms with Gasteiger partial charge in [-0.3, -0.25) is 0 Å². The van der Waals surface area contributed by atoms with Gasteiger partial charge in [-0.2, -0.15) is 0 Å². The molecule has 0 rings (SSSR count). The third kappa shape index (κ3) is 7.33. The van der Waals surface area contributed by atoms with Gasteiger partial charge in [0.05, 0.1) is 0 Å². The highest BCUT2D eigenvalue weighted by atomic mass is 14.0. The van der Waals surface area contributed by atoms with Crippen LogP contribution in [0.1, 0.15) is 33.6 Å². The van der Waals surface area contributed by atoms with Crippen molar-refractivity contribution >= 4 is 0 Å². The second kappa shape index (κ2) is 8.32. The summed E-state index contributed by atoms with van der Waals surface area (Å²) >= 11 is 0. The van der Waals surface area contributed by atoms with Crippen molar-refractivity contribution in [2.45, 2.75) is 33.6 Å². The average Bonchev–Trinajstić information content (AvgIpc) is 2.06. The first-order chi connectivity index (χ1) is 5.81.